The summed E-state index contributed by atoms with van der Waals surface area (Å²) in [4.78, 5) is 14.5. The van der Waals surface area contributed by atoms with E-state index in [2.05, 4.69) is 25.7 Å². The first-order chi connectivity index (χ1) is 10.5. The largest absolute Gasteiger partial charge is 0.494 e. The van der Waals surface area contributed by atoms with E-state index in [4.69, 9.17) is 4.74 Å². The van der Waals surface area contributed by atoms with Crippen LogP contribution in [0.15, 0.2) is 30.3 Å². The number of carbonyl (C=O) groups is 1. The molecule has 1 aliphatic rings. The normalized spacial score (nSPS) is 16.6. The minimum absolute atomic E-state index is 0.219. The zero-order valence-electron chi connectivity index (χ0n) is 14.2. The fourth-order valence-electron chi connectivity index (χ4n) is 2.86. The van der Waals surface area contributed by atoms with E-state index in [9.17, 15) is 4.79 Å². The SMILES string of the molecule is CCC(C)(C)C(=O)N1CCC(CCOc2ccccc2)CC1. The van der Waals surface area contributed by atoms with Crippen LogP contribution in [0.4, 0.5) is 0 Å². The second-order valence-corrected chi connectivity index (χ2v) is 6.92. The molecule has 22 heavy (non-hydrogen) atoms. The molecule has 122 valence electrons. The molecule has 0 saturated carbocycles. The highest BCUT2D eigenvalue weighted by molar-refractivity contribution is 5.81. The van der Waals surface area contributed by atoms with Crippen LogP contribution in [-0.2, 0) is 4.79 Å². The van der Waals surface area contributed by atoms with Gasteiger partial charge in [-0.2, -0.15) is 0 Å². The third-order valence-corrected chi connectivity index (χ3v) is 4.90. The summed E-state index contributed by atoms with van der Waals surface area (Å²) in [5.41, 5.74) is -0.219. The molecule has 1 aromatic rings. The molecule has 0 unspecified atom stereocenters. The van der Waals surface area contributed by atoms with Crippen molar-refractivity contribution in [2.75, 3.05) is 19.7 Å². The lowest BCUT2D eigenvalue weighted by Gasteiger charge is -2.36. The fourth-order valence-corrected chi connectivity index (χ4v) is 2.86. The van der Waals surface area contributed by atoms with E-state index in [1.807, 2.05) is 30.3 Å². The van der Waals surface area contributed by atoms with E-state index in [1.54, 1.807) is 0 Å². The van der Waals surface area contributed by atoms with Crippen LogP contribution in [0.25, 0.3) is 0 Å². The Labute approximate surface area is 134 Å². The van der Waals surface area contributed by atoms with E-state index in [0.29, 0.717) is 11.8 Å². The van der Waals surface area contributed by atoms with Crippen LogP contribution in [0.2, 0.25) is 0 Å². The number of carbonyl (C=O) groups excluding carboxylic acids is 1. The molecule has 0 spiro atoms. The van der Waals surface area contributed by atoms with Crippen molar-refractivity contribution in [1.29, 1.82) is 0 Å². The lowest BCUT2D eigenvalue weighted by Crippen LogP contribution is -2.45. The van der Waals surface area contributed by atoms with Crippen molar-refractivity contribution in [3.8, 4) is 5.75 Å². The Balaban J connectivity index is 1.70. The Kier molecular flexibility index (Phi) is 5.87. The minimum atomic E-state index is -0.219. The van der Waals surface area contributed by atoms with Gasteiger partial charge in [0.25, 0.3) is 0 Å². The Hall–Kier alpha value is -1.51. The summed E-state index contributed by atoms with van der Waals surface area (Å²) < 4.78 is 5.77. The van der Waals surface area contributed by atoms with Crippen LogP contribution >= 0.6 is 0 Å². The van der Waals surface area contributed by atoms with E-state index >= 15 is 0 Å². The van der Waals surface area contributed by atoms with Crippen LogP contribution in [0.5, 0.6) is 5.75 Å². The Morgan fingerprint density at radius 2 is 1.86 bits per heavy atom. The third-order valence-electron chi connectivity index (χ3n) is 4.90. The van der Waals surface area contributed by atoms with Gasteiger partial charge in [-0.15, -0.1) is 0 Å². The van der Waals surface area contributed by atoms with Gasteiger partial charge in [0.2, 0.25) is 5.91 Å². The monoisotopic (exact) mass is 303 g/mol. The molecule has 1 saturated heterocycles. The third kappa shape index (κ3) is 4.49. The smallest absolute Gasteiger partial charge is 0.228 e. The van der Waals surface area contributed by atoms with E-state index < -0.39 is 0 Å². The number of hydrogen-bond donors (Lipinski definition) is 0. The van der Waals surface area contributed by atoms with Gasteiger partial charge in [0.1, 0.15) is 5.75 Å². The van der Waals surface area contributed by atoms with Crippen LogP contribution in [0, 0.1) is 11.3 Å². The lowest BCUT2D eigenvalue weighted by molar-refractivity contribution is -0.142. The van der Waals surface area contributed by atoms with Gasteiger partial charge in [-0.05, 0) is 43.7 Å². The first-order valence-corrected chi connectivity index (χ1v) is 8.50. The summed E-state index contributed by atoms with van der Waals surface area (Å²) in [5.74, 6) is 1.94. The number of hydrogen-bond acceptors (Lipinski definition) is 2. The van der Waals surface area contributed by atoms with Gasteiger partial charge in [0, 0.05) is 18.5 Å². The molecule has 0 atom stereocenters. The molecule has 2 rings (SSSR count). The molecule has 0 aliphatic carbocycles. The predicted molar refractivity (Wildman–Crippen MR) is 89.9 cm³/mol. The zero-order valence-corrected chi connectivity index (χ0v) is 14.2. The van der Waals surface area contributed by atoms with Gasteiger partial charge in [-0.1, -0.05) is 39.0 Å². The van der Waals surface area contributed by atoms with Crippen LogP contribution < -0.4 is 4.74 Å². The van der Waals surface area contributed by atoms with Crippen LogP contribution in [0.1, 0.15) is 46.5 Å². The summed E-state index contributed by atoms with van der Waals surface area (Å²) in [6.45, 7) is 8.76. The second kappa shape index (κ2) is 7.66. The average Bonchev–Trinajstić information content (AvgIpc) is 2.56. The Bertz CT molecular complexity index is 462. The second-order valence-electron chi connectivity index (χ2n) is 6.92. The maximum atomic E-state index is 12.5. The fraction of sp³-hybridized carbons (Fsp3) is 0.632. The highest BCUT2D eigenvalue weighted by Gasteiger charge is 2.32. The van der Waals surface area contributed by atoms with Crippen LogP contribution in [-0.4, -0.2) is 30.5 Å². The summed E-state index contributed by atoms with van der Waals surface area (Å²) >= 11 is 0. The standard InChI is InChI=1S/C19H29NO2/c1-4-19(2,3)18(21)20-13-10-16(11-14-20)12-15-22-17-8-6-5-7-9-17/h5-9,16H,4,10-15H2,1-3H3. The molecule has 0 N–H and O–H groups in total. The predicted octanol–water partition coefficient (Wildman–Crippen LogP) is 4.13. The van der Waals surface area contributed by atoms with Crippen molar-refractivity contribution >= 4 is 5.91 Å². The number of benzene rings is 1. The van der Waals surface area contributed by atoms with E-state index in [0.717, 1.165) is 51.1 Å². The topological polar surface area (TPSA) is 29.5 Å². The summed E-state index contributed by atoms with van der Waals surface area (Å²) in [6, 6.07) is 9.98. The van der Waals surface area contributed by atoms with Gasteiger partial charge in [-0.3, -0.25) is 4.79 Å². The molecular formula is C19H29NO2. The number of rotatable bonds is 6. The van der Waals surface area contributed by atoms with E-state index in [-0.39, 0.29) is 5.41 Å². The number of piperidine rings is 1. The first-order valence-electron chi connectivity index (χ1n) is 8.50. The molecule has 0 aromatic heterocycles. The maximum absolute atomic E-state index is 12.5. The summed E-state index contributed by atoms with van der Waals surface area (Å²) in [5, 5.41) is 0. The average molecular weight is 303 g/mol. The van der Waals surface area contributed by atoms with Crippen molar-refractivity contribution in [1.82, 2.24) is 4.90 Å². The quantitative estimate of drug-likeness (QED) is 0.791. The first kappa shape index (κ1) is 16.9. The number of nitrogens with zero attached hydrogens (tertiary/aromatic N) is 1. The van der Waals surface area contributed by atoms with Gasteiger partial charge >= 0.3 is 0 Å². The van der Waals surface area contributed by atoms with Crippen molar-refractivity contribution in [3.05, 3.63) is 30.3 Å². The number of ether oxygens (including phenoxy) is 1. The molecule has 1 heterocycles. The van der Waals surface area contributed by atoms with Crippen molar-refractivity contribution in [2.45, 2.75) is 46.5 Å². The van der Waals surface area contributed by atoms with Crippen molar-refractivity contribution < 1.29 is 9.53 Å². The highest BCUT2D eigenvalue weighted by atomic mass is 16.5. The Morgan fingerprint density at radius 3 is 2.45 bits per heavy atom. The van der Waals surface area contributed by atoms with Crippen molar-refractivity contribution in [2.24, 2.45) is 11.3 Å². The van der Waals surface area contributed by atoms with Gasteiger partial charge in [0.15, 0.2) is 0 Å². The summed E-state index contributed by atoms with van der Waals surface area (Å²) in [6.07, 6.45) is 4.18. The molecule has 0 radical (unpaired) electrons. The number of para-hydroxylation sites is 1. The molecule has 1 aromatic carbocycles. The molecule has 1 fully saturated rings. The van der Waals surface area contributed by atoms with Crippen molar-refractivity contribution in [3.63, 3.8) is 0 Å². The molecule has 1 aliphatic heterocycles. The lowest BCUT2D eigenvalue weighted by atomic mass is 9.86. The number of likely N-dealkylation sites (tertiary alicyclic amines) is 1. The van der Waals surface area contributed by atoms with Gasteiger partial charge in [-0.25, -0.2) is 0 Å². The minimum Gasteiger partial charge on any atom is -0.494 e. The highest BCUT2D eigenvalue weighted by Crippen LogP contribution is 2.27. The molecule has 3 heteroatoms. The zero-order chi connectivity index (χ0) is 16.0. The maximum Gasteiger partial charge on any atom is 0.228 e. The molecule has 1 amide bonds. The van der Waals surface area contributed by atoms with Gasteiger partial charge < -0.3 is 9.64 Å². The molecule has 0 bridgehead atoms. The number of amides is 1. The summed E-state index contributed by atoms with van der Waals surface area (Å²) in [7, 11) is 0. The molecular weight excluding hydrogens is 274 g/mol. The van der Waals surface area contributed by atoms with Crippen LogP contribution in [0.3, 0.4) is 0 Å². The Morgan fingerprint density at radius 1 is 1.23 bits per heavy atom. The molecule has 3 nitrogen and oxygen atoms in total. The van der Waals surface area contributed by atoms with E-state index in [1.165, 1.54) is 0 Å². The van der Waals surface area contributed by atoms with Gasteiger partial charge in [0.05, 0.1) is 6.61 Å².